The van der Waals surface area contributed by atoms with Crippen LogP contribution in [0, 0.1) is 0 Å². The van der Waals surface area contributed by atoms with Gasteiger partial charge in [-0.25, -0.2) is 14.6 Å². The fraction of sp³-hybridized carbons (Fsp3) is 0.625. The number of rotatable bonds is 6. The smallest absolute Gasteiger partial charge is 0.233 e. The van der Waals surface area contributed by atoms with Gasteiger partial charge in [0.05, 0.1) is 18.4 Å². The maximum atomic E-state index is 12.5. The Morgan fingerprint density at radius 1 is 1.22 bits per heavy atom. The number of anilines is 1. The van der Waals surface area contributed by atoms with E-state index in [-0.39, 0.29) is 12.0 Å². The summed E-state index contributed by atoms with van der Waals surface area (Å²) >= 11 is 1.38. The van der Waals surface area contributed by atoms with Gasteiger partial charge in [-0.1, -0.05) is 11.8 Å². The number of thioether (sulfide) groups is 1. The molecule has 0 aromatic carbocycles. The fourth-order valence-electron chi connectivity index (χ4n) is 3.22. The minimum absolute atomic E-state index is 0.0975. The van der Waals surface area contributed by atoms with Crippen LogP contribution in [0.2, 0.25) is 0 Å². The monoisotopic (exact) mass is 390 g/mol. The van der Waals surface area contributed by atoms with Crippen LogP contribution in [0.4, 0.5) is 5.95 Å². The van der Waals surface area contributed by atoms with Crippen molar-refractivity contribution in [2.24, 2.45) is 0 Å². The third-order valence-corrected chi connectivity index (χ3v) is 5.63. The number of tetrazole rings is 1. The van der Waals surface area contributed by atoms with Crippen LogP contribution < -0.4 is 4.90 Å². The molecule has 4 rings (SSSR count). The standard InChI is InChI=1S/C16H22N8O2S/c25-14(22-6-8-23(9-7-22)15-17-4-2-5-18-15)12-27-16-19-20-21-24(16)11-13-3-1-10-26-13/h2,4-5,13H,1,3,6-12H2/t13-/m0/s1. The van der Waals surface area contributed by atoms with Crippen LogP contribution >= 0.6 is 11.8 Å². The van der Waals surface area contributed by atoms with Crippen LogP contribution in [0.15, 0.2) is 23.6 Å². The average molecular weight is 390 g/mol. The van der Waals surface area contributed by atoms with Crippen LogP contribution in [0.5, 0.6) is 0 Å². The van der Waals surface area contributed by atoms with Gasteiger partial charge in [0.25, 0.3) is 0 Å². The van der Waals surface area contributed by atoms with Gasteiger partial charge >= 0.3 is 0 Å². The van der Waals surface area contributed by atoms with E-state index in [1.54, 1.807) is 23.1 Å². The first-order valence-corrected chi connectivity index (χ1v) is 10.1. The highest BCUT2D eigenvalue weighted by molar-refractivity contribution is 7.99. The van der Waals surface area contributed by atoms with Crippen molar-refractivity contribution >= 4 is 23.6 Å². The Morgan fingerprint density at radius 3 is 2.78 bits per heavy atom. The van der Waals surface area contributed by atoms with Gasteiger partial charge in [-0.3, -0.25) is 4.79 Å². The Labute approximate surface area is 161 Å². The molecule has 0 radical (unpaired) electrons. The summed E-state index contributed by atoms with van der Waals surface area (Å²) in [4.78, 5) is 25.0. The summed E-state index contributed by atoms with van der Waals surface area (Å²) in [6, 6.07) is 1.80. The third kappa shape index (κ3) is 4.53. The van der Waals surface area contributed by atoms with Gasteiger partial charge in [-0.15, -0.1) is 5.10 Å². The minimum Gasteiger partial charge on any atom is -0.376 e. The Bertz CT molecular complexity index is 744. The molecule has 2 saturated heterocycles. The second-order valence-corrected chi connectivity index (χ2v) is 7.43. The summed E-state index contributed by atoms with van der Waals surface area (Å²) in [6.45, 7) is 4.23. The number of piperazine rings is 1. The molecule has 1 atom stereocenters. The van der Waals surface area contributed by atoms with Gasteiger partial charge in [0.15, 0.2) is 0 Å². The summed E-state index contributed by atoms with van der Waals surface area (Å²) in [5.74, 6) is 1.14. The molecule has 4 heterocycles. The van der Waals surface area contributed by atoms with E-state index in [0.29, 0.717) is 36.5 Å². The van der Waals surface area contributed by atoms with E-state index in [9.17, 15) is 4.79 Å². The maximum Gasteiger partial charge on any atom is 0.233 e. The van der Waals surface area contributed by atoms with Crippen molar-refractivity contribution in [1.29, 1.82) is 0 Å². The molecule has 0 spiro atoms. The summed E-state index contributed by atoms with van der Waals surface area (Å²) in [7, 11) is 0. The first kappa shape index (κ1) is 18.1. The largest absolute Gasteiger partial charge is 0.376 e. The van der Waals surface area contributed by atoms with Crippen LogP contribution in [0.25, 0.3) is 0 Å². The molecule has 0 bridgehead atoms. The number of ether oxygens (including phenoxy) is 1. The zero-order valence-electron chi connectivity index (χ0n) is 15.0. The van der Waals surface area contributed by atoms with E-state index >= 15 is 0 Å². The van der Waals surface area contributed by atoms with Crippen molar-refractivity contribution in [3.8, 4) is 0 Å². The van der Waals surface area contributed by atoms with Gasteiger partial charge in [0, 0.05) is 45.2 Å². The summed E-state index contributed by atoms with van der Waals surface area (Å²) in [6.07, 6.45) is 5.73. The SMILES string of the molecule is O=C(CSc1nnnn1C[C@@H]1CCCO1)N1CCN(c2ncccn2)CC1. The van der Waals surface area contributed by atoms with Gasteiger partial charge in [0.2, 0.25) is 17.0 Å². The minimum atomic E-state index is 0.0975. The zero-order valence-corrected chi connectivity index (χ0v) is 15.8. The molecule has 0 aliphatic carbocycles. The highest BCUT2D eigenvalue weighted by Crippen LogP contribution is 2.19. The Kier molecular flexibility index (Phi) is 5.78. The third-order valence-electron chi connectivity index (χ3n) is 4.69. The molecule has 2 aromatic heterocycles. The van der Waals surface area contributed by atoms with E-state index in [1.165, 1.54) is 11.8 Å². The number of hydrogen-bond acceptors (Lipinski definition) is 9. The molecule has 0 unspecified atom stereocenters. The first-order chi connectivity index (χ1) is 13.3. The number of carbonyl (C=O) groups is 1. The molecule has 0 N–H and O–H groups in total. The summed E-state index contributed by atoms with van der Waals surface area (Å²) in [5, 5.41) is 12.5. The van der Waals surface area contributed by atoms with Crippen LogP contribution in [0.3, 0.4) is 0 Å². The van der Waals surface area contributed by atoms with Crippen molar-refractivity contribution in [1.82, 2.24) is 35.1 Å². The molecule has 2 fully saturated rings. The predicted molar refractivity (Wildman–Crippen MR) is 98.3 cm³/mol. The molecule has 2 aromatic rings. The average Bonchev–Trinajstić information content (AvgIpc) is 3.39. The topological polar surface area (TPSA) is 102 Å². The Morgan fingerprint density at radius 2 is 2.04 bits per heavy atom. The molecule has 11 heteroatoms. The lowest BCUT2D eigenvalue weighted by Gasteiger charge is -2.34. The Balaban J connectivity index is 1.25. The molecule has 1 amide bonds. The lowest BCUT2D eigenvalue weighted by Crippen LogP contribution is -2.49. The van der Waals surface area contributed by atoms with Gasteiger partial charge in [0.1, 0.15) is 0 Å². The number of carbonyl (C=O) groups excluding carboxylic acids is 1. The second kappa shape index (κ2) is 8.61. The van der Waals surface area contributed by atoms with E-state index in [4.69, 9.17) is 4.74 Å². The zero-order chi connectivity index (χ0) is 18.5. The van der Waals surface area contributed by atoms with Crippen LogP contribution in [-0.2, 0) is 16.1 Å². The van der Waals surface area contributed by atoms with Gasteiger partial charge in [-0.05, 0) is 29.3 Å². The van der Waals surface area contributed by atoms with Crippen LogP contribution in [-0.4, -0.2) is 85.6 Å². The molecule has 2 aliphatic rings. The number of amides is 1. The van der Waals surface area contributed by atoms with Crippen LogP contribution in [0.1, 0.15) is 12.8 Å². The quantitative estimate of drug-likeness (QED) is 0.635. The lowest BCUT2D eigenvalue weighted by molar-refractivity contribution is -0.128. The normalized spacial score (nSPS) is 20.2. The van der Waals surface area contributed by atoms with Gasteiger partial charge < -0.3 is 14.5 Å². The number of aromatic nitrogens is 6. The fourth-order valence-corrected chi connectivity index (χ4v) is 4.01. The van der Waals surface area contributed by atoms with E-state index in [2.05, 4.69) is 30.4 Å². The second-order valence-electron chi connectivity index (χ2n) is 6.48. The van der Waals surface area contributed by atoms with E-state index in [1.807, 2.05) is 4.90 Å². The van der Waals surface area contributed by atoms with Crippen molar-refractivity contribution in [3.05, 3.63) is 18.5 Å². The summed E-state index contributed by atoms with van der Waals surface area (Å²) < 4.78 is 7.37. The predicted octanol–water partition coefficient (Wildman–Crippen LogP) is 0.0830. The molecule has 0 saturated carbocycles. The molecule has 2 aliphatic heterocycles. The first-order valence-electron chi connectivity index (χ1n) is 9.10. The van der Waals surface area contributed by atoms with E-state index < -0.39 is 0 Å². The number of hydrogen-bond donors (Lipinski definition) is 0. The lowest BCUT2D eigenvalue weighted by atomic mass is 10.2. The number of nitrogens with zero attached hydrogens (tertiary/aromatic N) is 8. The van der Waals surface area contributed by atoms with Gasteiger partial charge in [-0.2, -0.15) is 0 Å². The molecule has 27 heavy (non-hydrogen) atoms. The van der Waals surface area contributed by atoms with Crippen molar-refractivity contribution in [2.75, 3.05) is 43.4 Å². The Hall–Kier alpha value is -2.27. The maximum absolute atomic E-state index is 12.5. The molecular weight excluding hydrogens is 368 g/mol. The summed E-state index contributed by atoms with van der Waals surface area (Å²) in [5.41, 5.74) is 0. The van der Waals surface area contributed by atoms with Crippen molar-refractivity contribution < 1.29 is 9.53 Å². The molecule has 10 nitrogen and oxygen atoms in total. The van der Waals surface area contributed by atoms with Crippen molar-refractivity contribution in [2.45, 2.75) is 30.6 Å². The molecular formula is C16H22N8O2S. The highest BCUT2D eigenvalue weighted by atomic mass is 32.2. The highest BCUT2D eigenvalue weighted by Gasteiger charge is 2.24. The van der Waals surface area contributed by atoms with E-state index in [0.717, 1.165) is 32.5 Å². The molecule has 144 valence electrons. The van der Waals surface area contributed by atoms with Crippen molar-refractivity contribution in [3.63, 3.8) is 0 Å².